The molecule has 0 bridgehead atoms. The Labute approximate surface area is 95.7 Å². The third kappa shape index (κ3) is 2.50. The van der Waals surface area contributed by atoms with E-state index in [0.29, 0.717) is 24.3 Å². The standard InChI is InChI=1S/C12H18N2O2/c1-16-11-6-7-13-12(14-11)10-4-2-9(8-15)3-5-10/h6-7,9-10,15H,2-5,8H2,1H3. The van der Waals surface area contributed by atoms with Gasteiger partial charge in [-0.25, -0.2) is 4.98 Å². The van der Waals surface area contributed by atoms with Crippen LogP contribution in [0.15, 0.2) is 12.3 Å². The predicted molar refractivity (Wildman–Crippen MR) is 60.4 cm³/mol. The quantitative estimate of drug-likeness (QED) is 0.846. The van der Waals surface area contributed by atoms with Crippen molar-refractivity contribution in [2.45, 2.75) is 31.6 Å². The summed E-state index contributed by atoms with van der Waals surface area (Å²) < 4.78 is 5.10. The van der Waals surface area contributed by atoms with E-state index in [1.165, 1.54) is 0 Å². The van der Waals surface area contributed by atoms with Gasteiger partial charge >= 0.3 is 0 Å². The van der Waals surface area contributed by atoms with E-state index < -0.39 is 0 Å². The minimum absolute atomic E-state index is 0.311. The highest BCUT2D eigenvalue weighted by molar-refractivity contribution is 5.11. The van der Waals surface area contributed by atoms with Crippen molar-refractivity contribution in [3.05, 3.63) is 18.1 Å². The first kappa shape index (κ1) is 11.3. The van der Waals surface area contributed by atoms with Gasteiger partial charge in [-0.1, -0.05) is 0 Å². The Morgan fingerprint density at radius 1 is 1.38 bits per heavy atom. The molecule has 4 heteroatoms. The summed E-state index contributed by atoms with van der Waals surface area (Å²) >= 11 is 0. The normalized spacial score (nSPS) is 25.4. The Bertz CT molecular complexity index is 336. The van der Waals surface area contributed by atoms with E-state index in [4.69, 9.17) is 9.84 Å². The predicted octanol–water partition coefficient (Wildman–Crippen LogP) is 1.75. The van der Waals surface area contributed by atoms with Gasteiger partial charge in [-0.15, -0.1) is 0 Å². The van der Waals surface area contributed by atoms with E-state index >= 15 is 0 Å². The van der Waals surface area contributed by atoms with Gasteiger partial charge in [-0.05, 0) is 31.6 Å². The number of ether oxygens (including phenoxy) is 1. The van der Waals surface area contributed by atoms with Crippen LogP contribution in [0.2, 0.25) is 0 Å². The molecular weight excluding hydrogens is 204 g/mol. The first-order chi connectivity index (χ1) is 7.83. The molecule has 4 nitrogen and oxygen atoms in total. The van der Waals surface area contributed by atoms with Crippen molar-refractivity contribution in [3.63, 3.8) is 0 Å². The molecule has 1 heterocycles. The minimum atomic E-state index is 0.311. The molecule has 0 spiro atoms. The summed E-state index contributed by atoms with van der Waals surface area (Å²) in [5.41, 5.74) is 0. The second-order valence-electron chi connectivity index (χ2n) is 4.36. The lowest BCUT2D eigenvalue weighted by molar-refractivity contribution is 0.180. The molecule has 1 aromatic rings. The highest BCUT2D eigenvalue weighted by Gasteiger charge is 2.23. The number of aliphatic hydroxyl groups is 1. The molecule has 1 aliphatic rings. The monoisotopic (exact) mass is 222 g/mol. The topological polar surface area (TPSA) is 55.2 Å². The number of hydrogen-bond acceptors (Lipinski definition) is 4. The molecule has 16 heavy (non-hydrogen) atoms. The third-order valence-corrected chi connectivity index (χ3v) is 3.33. The number of aliphatic hydroxyl groups excluding tert-OH is 1. The second kappa shape index (κ2) is 5.25. The van der Waals surface area contributed by atoms with Gasteiger partial charge in [0.25, 0.3) is 0 Å². The summed E-state index contributed by atoms with van der Waals surface area (Å²) in [5.74, 6) is 2.42. The van der Waals surface area contributed by atoms with E-state index in [-0.39, 0.29) is 0 Å². The van der Waals surface area contributed by atoms with Crippen molar-refractivity contribution in [3.8, 4) is 5.88 Å². The molecule has 1 aliphatic carbocycles. The average molecular weight is 222 g/mol. The summed E-state index contributed by atoms with van der Waals surface area (Å²) in [4.78, 5) is 8.68. The van der Waals surface area contributed by atoms with Gasteiger partial charge in [0, 0.05) is 24.8 Å². The Hall–Kier alpha value is -1.16. The van der Waals surface area contributed by atoms with Crippen molar-refractivity contribution in [1.82, 2.24) is 9.97 Å². The maximum absolute atomic E-state index is 9.08. The molecular formula is C12H18N2O2. The molecule has 0 aromatic carbocycles. The van der Waals surface area contributed by atoms with Crippen LogP contribution in [0.5, 0.6) is 5.88 Å². The molecule has 0 radical (unpaired) electrons. The van der Waals surface area contributed by atoms with E-state index in [0.717, 1.165) is 31.5 Å². The van der Waals surface area contributed by atoms with Crippen LogP contribution >= 0.6 is 0 Å². The van der Waals surface area contributed by atoms with Crippen LogP contribution in [0.4, 0.5) is 0 Å². The zero-order valence-electron chi connectivity index (χ0n) is 9.59. The van der Waals surface area contributed by atoms with E-state index in [2.05, 4.69) is 9.97 Å². The SMILES string of the molecule is COc1ccnc(C2CCC(CO)CC2)n1. The van der Waals surface area contributed by atoms with Crippen LogP contribution in [-0.2, 0) is 0 Å². The van der Waals surface area contributed by atoms with Gasteiger partial charge < -0.3 is 9.84 Å². The minimum Gasteiger partial charge on any atom is -0.481 e. The molecule has 1 aromatic heterocycles. The largest absolute Gasteiger partial charge is 0.481 e. The Morgan fingerprint density at radius 2 is 2.12 bits per heavy atom. The smallest absolute Gasteiger partial charge is 0.216 e. The summed E-state index contributed by atoms with van der Waals surface area (Å²) in [6.45, 7) is 0.311. The molecule has 0 aliphatic heterocycles. The number of nitrogens with zero attached hydrogens (tertiary/aromatic N) is 2. The first-order valence-corrected chi connectivity index (χ1v) is 5.81. The van der Waals surface area contributed by atoms with Crippen molar-refractivity contribution < 1.29 is 9.84 Å². The summed E-state index contributed by atoms with van der Waals surface area (Å²) in [7, 11) is 1.62. The third-order valence-electron chi connectivity index (χ3n) is 3.33. The molecule has 2 rings (SSSR count). The molecule has 88 valence electrons. The molecule has 0 saturated heterocycles. The Balaban J connectivity index is 2.02. The van der Waals surface area contributed by atoms with Crippen molar-refractivity contribution in [2.75, 3.05) is 13.7 Å². The van der Waals surface area contributed by atoms with E-state index in [9.17, 15) is 0 Å². The van der Waals surface area contributed by atoms with Crippen LogP contribution < -0.4 is 4.74 Å². The zero-order chi connectivity index (χ0) is 11.4. The van der Waals surface area contributed by atoms with Gasteiger partial charge in [-0.2, -0.15) is 4.98 Å². The molecule has 0 atom stereocenters. The zero-order valence-corrected chi connectivity index (χ0v) is 9.59. The van der Waals surface area contributed by atoms with Crippen LogP contribution in [0.25, 0.3) is 0 Å². The van der Waals surface area contributed by atoms with Gasteiger partial charge in [0.2, 0.25) is 5.88 Å². The van der Waals surface area contributed by atoms with E-state index in [1.807, 2.05) is 0 Å². The van der Waals surface area contributed by atoms with Gasteiger partial charge in [0.1, 0.15) is 5.82 Å². The lowest BCUT2D eigenvalue weighted by atomic mass is 9.82. The van der Waals surface area contributed by atoms with Gasteiger partial charge in [-0.3, -0.25) is 0 Å². The molecule has 1 N–H and O–H groups in total. The van der Waals surface area contributed by atoms with Crippen LogP contribution in [0, 0.1) is 5.92 Å². The number of rotatable bonds is 3. The lowest BCUT2D eigenvalue weighted by Crippen LogP contribution is -2.17. The van der Waals surface area contributed by atoms with Gasteiger partial charge in [0.15, 0.2) is 0 Å². The molecule has 0 amide bonds. The fraction of sp³-hybridized carbons (Fsp3) is 0.667. The van der Waals surface area contributed by atoms with Crippen LogP contribution in [-0.4, -0.2) is 28.8 Å². The van der Waals surface area contributed by atoms with Crippen molar-refractivity contribution in [1.29, 1.82) is 0 Å². The molecule has 1 saturated carbocycles. The highest BCUT2D eigenvalue weighted by Crippen LogP contribution is 2.34. The van der Waals surface area contributed by atoms with Gasteiger partial charge in [0.05, 0.1) is 7.11 Å². The molecule has 0 unspecified atom stereocenters. The Kier molecular flexibility index (Phi) is 3.72. The average Bonchev–Trinajstić information content (AvgIpc) is 2.39. The number of methoxy groups -OCH3 is 1. The number of hydrogen-bond donors (Lipinski definition) is 1. The summed E-state index contributed by atoms with van der Waals surface area (Å²) in [5, 5.41) is 9.08. The fourth-order valence-corrected chi connectivity index (χ4v) is 2.27. The first-order valence-electron chi connectivity index (χ1n) is 5.81. The fourth-order valence-electron chi connectivity index (χ4n) is 2.27. The molecule has 1 fully saturated rings. The summed E-state index contributed by atoms with van der Waals surface area (Å²) in [6, 6.07) is 1.77. The second-order valence-corrected chi connectivity index (χ2v) is 4.36. The maximum Gasteiger partial charge on any atom is 0.216 e. The Morgan fingerprint density at radius 3 is 2.75 bits per heavy atom. The highest BCUT2D eigenvalue weighted by atomic mass is 16.5. The van der Waals surface area contributed by atoms with E-state index in [1.54, 1.807) is 19.4 Å². The maximum atomic E-state index is 9.08. The van der Waals surface area contributed by atoms with Crippen LogP contribution in [0.1, 0.15) is 37.4 Å². The van der Waals surface area contributed by atoms with Crippen molar-refractivity contribution >= 4 is 0 Å². The van der Waals surface area contributed by atoms with Crippen molar-refractivity contribution in [2.24, 2.45) is 5.92 Å². The number of aromatic nitrogens is 2. The lowest BCUT2D eigenvalue weighted by Gasteiger charge is -2.26. The summed E-state index contributed by atoms with van der Waals surface area (Å²) in [6.07, 6.45) is 6.03. The van der Waals surface area contributed by atoms with Crippen LogP contribution in [0.3, 0.4) is 0 Å².